The second kappa shape index (κ2) is 12.4. The van der Waals surface area contributed by atoms with Crippen molar-refractivity contribution in [2.75, 3.05) is 6.61 Å². The van der Waals surface area contributed by atoms with Crippen LogP contribution in [0.2, 0.25) is 0 Å². The van der Waals surface area contributed by atoms with Crippen molar-refractivity contribution >= 4 is 11.8 Å². The highest BCUT2D eigenvalue weighted by Gasteiger charge is 2.30. The van der Waals surface area contributed by atoms with Crippen molar-refractivity contribution in [1.29, 1.82) is 0 Å². The average molecular weight is 451 g/mol. The maximum absolute atomic E-state index is 13.3. The van der Waals surface area contributed by atoms with Crippen LogP contribution in [0.5, 0.6) is 5.75 Å². The van der Waals surface area contributed by atoms with Crippen LogP contribution < -0.4 is 10.1 Å². The van der Waals surface area contributed by atoms with Crippen molar-refractivity contribution in [2.45, 2.75) is 84.3 Å². The Morgan fingerprint density at radius 3 is 2.45 bits per heavy atom. The lowest BCUT2D eigenvalue weighted by molar-refractivity contribution is -0.141. The quantitative estimate of drug-likeness (QED) is 0.471. The molecule has 0 aliphatic heterocycles. The van der Waals surface area contributed by atoms with E-state index < -0.39 is 6.04 Å². The molecule has 0 radical (unpaired) electrons. The number of benzene rings is 2. The van der Waals surface area contributed by atoms with E-state index in [1.807, 2.05) is 63.2 Å². The molecule has 0 spiro atoms. The van der Waals surface area contributed by atoms with Gasteiger partial charge in [-0.05, 0) is 57.2 Å². The molecule has 33 heavy (non-hydrogen) atoms. The molecule has 1 aliphatic rings. The van der Waals surface area contributed by atoms with Crippen molar-refractivity contribution in [3.05, 3.63) is 65.2 Å². The van der Waals surface area contributed by atoms with Crippen molar-refractivity contribution in [2.24, 2.45) is 0 Å². The molecule has 2 aromatic carbocycles. The summed E-state index contributed by atoms with van der Waals surface area (Å²) in [5, 5.41) is 3.20. The molecule has 1 fully saturated rings. The molecule has 2 aromatic rings. The highest BCUT2D eigenvalue weighted by Crippen LogP contribution is 2.20. The standard InChI is InChI=1S/C28H38N2O3/c1-4-26(28(32)29-24-11-5-6-12-24)30(20-23-10-7-9-22(3)19-23)27(31)13-8-18-33-25-16-14-21(2)15-17-25/h7,9-10,14-17,19,24,26H,4-6,8,11-13,18,20H2,1-3H3,(H,29,32)/t26-/m0/s1. The number of nitrogens with zero attached hydrogens (tertiary/aromatic N) is 1. The highest BCUT2D eigenvalue weighted by molar-refractivity contribution is 5.87. The third kappa shape index (κ3) is 7.62. The summed E-state index contributed by atoms with van der Waals surface area (Å²) in [5.74, 6) is 0.783. The van der Waals surface area contributed by atoms with Gasteiger partial charge in [0.15, 0.2) is 0 Å². The fourth-order valence-electron chi connectivity index (χ4n) is 4.49. The van der Waals surface area contributed by atoms with E-state index in [-0.39, 0.29) is 17.9 Å². The van der Waals surface area contributed by atoms with Gasteiger partial charge in [-0.1, -0.05) is 67.3 Å². The van der Waals surface area contributed by atoms with Crippen LogP contribution in [0.1, 0.15) is 68.6 Å². The fraction of sp³-hybridized carbons (Fsp3) is 0.500. The molecule has 1 saturated carbocycles. The zero-order valence-corrected chi connectivity index (χ0v) is 20.3. The summed E-state index contributed by atoms with van der Waals surface area (Å²) in [6, 6.07) is 15.9. The number of hydrogen-bond acceptors (Lipinski definition) is 3. The first kappa shape index (κ1) is 24.8. The summed E-state index contributed by atoms with van der Waals surface area (Å²) in [4.78, 5) is 28.2. The first-order valence-corrected chi connectivity index (χ1v) is 12.3. The molecule has 1 N–H and O–H groups in total. The predicted molar refractivity (Wildman–Crippen MR) is 132 cm³/mol. The number of amides is 2. The van der Waals surface area contributed by atoms with E-state index >= 15 is 0 Å². The van der Waals surface area contributed by atoms with Gasteiger partial charge in [0.05, 0.1) is 6.61 Å². The summed E-state index contributed by atoms with van der Waals surface area (Å²) >= 11 is 0. The smallest absolute Gasteiger partial charge is 0.243 e. The van der Waals surface area contributed by atoms with Gasteiger partial charge in [-0.15, -0.1) is 0 Å². The van der Waals surface area contributed by atoms with Crippen molar-refractivity contribution in [3.63, 3.8) is 0 Å². The zero-order chi connectivity index (χ0) is 23.6. The summed E-state index contributed by atoms with van der Waals surface area (Å²) < 4.78 is 5.80. The number of ether oxygens (including phenoxy) is 1. The van der Waals surface area contributed by atoms with Gasteiger partial charge in [0.1, 0.15) is 11.8 Å². The Kier molecular flexibility index (Phi) is 9.35. The molecule has 0 bridgehead atoms. The first-order valence-electron chi connectivity index (χ1n) is 12.3. The Morgan fingerprint density at radius 1 is 1.06 bits per heavy atom. The van der Waals surface area contributed by atoms with Crippen LogP contribution in [0, 0.1) is 13.8 Å². The molecule has 2 amide bonds. The van der Waals surface area contributed by atoms with Gasteiger partial charge in [0.25, 0.3) is 0 Å². The summed E-state index contributed by atoms with van der Waals surface area (Å²) in [6.45, 7) is 6.98. The molecule has 5 nitrogen and oxygen atoms in total. The topological polar surface area (TPSA) is 58.6 Å². The van der Waals surface area contributed by atoms with Crippen LogP contribution in [0.15, 0.2) is 48.5 Å². The molecule has 178 valence electrons. The van der Waals surface area contributed by atoms with Gasteiger partial charge in [0.2, 0.25) is 11.8 Å². The Labute approximate surface area is 198 Å². The Hall–Kier alpha value is -2.82. The van der Waals surface area contributed by atoms with E-state index in [1.54, 1.807) is 4.90 Å². The lowest BCUT2D eigenvalue weighted by Gasteiger charge is -2.31. The number of carbonyl (C=O) groups is 2. The third-order valence-corrected chi connectivity index (χ3v) is 6.35. The zero-order valence-electron chi connectivity index (χ0n) is 20.3. The molecule has 0 heterocycles. The van der Waals surface area contributed by atoms with E-state index in [4.69, 9.17) is 4.74 Å². The maximum Gasteiger partial charge on any atom is 0.243 e. The van der Waals surface area contributed by atoms with Crippen LogP contribution in [0.4, 0.5) is 0 Å². The summed E-state index contributed by atoms with van der Waals surface area (Å²) in [6.07, 6.45) is 5.94. The van der Waals surface area contributed by atoms with Crippen LogP contribution in [-0.4, -0.2) is 35.4 Å². The summed E-state index contributed by atoms with van der Waals surface area (Å²) in [5.41, 5.74) is 3.38. The number of hydrogen-bond donors (Lipinski definition) is 1. The van der Waals surface area contributed by atoms with E-state index in [9.17, 15) is 9.59 Å². The number of carbonyl (C=O) groups excluding carboxylic acids is 2. The summed E-state index contributed by atoms with van der Waals surface area (Å²) in [7, 11) is 0. The van der Waals surface area contributed by atoms with Gasteiger partial charge in [0, 0.05) is 19.0 Å². The highest BCUT2D eigenvalue weighted by atomic mass is 16.5. The van der Waals surface area contributed by atoms with Crippen molar-refractivity contribution in [1.82, 2.24) is 10.2 Å². The molecule has 3 rings (SSSR count). The Bertz CT molecular complexity index is 904. The monoisotopic (exact) mass is 450 g/mol. The van der Waals surface area contributed by atoms with Crippen LogP contribution >= 0.6 is 0 Å². The molecule has 1 atom stereocenters. The number of nitrogens with one attached hydrogen (secondary N) is 1. The molecule has 0 unspecified atom stereocenters. The van der Waals surface area contributed by atoms with Gasteiger partial charge in [-0.25, -0.2) is 0 Å². The fourth-order valence-corrected chi connectivity index (χ4v) is 4.49. The Morgan fingerprint density at radius 2 is 1.79 bits per heavy atom. The van der Waals surface area contributed by atoms with Gasteiger partial charge < -0.3 is 15.0 Å². The minimum absolute atomic E-state index is 0.00238. The van der Waals surface area contributed by atoms with E-state index in [2.05, 4.69) is 11.4 Å². The third-order valence-electron chi connectivity index (χ3n) is 6.35. The van der Waals surface area contributed by atoms with Gasteiger partial charge in [-0.3, -0.25) is 9.59 Å². The van der Waals surface area contributed by atoms with E-state index in [1.165, 1.54) is 5.56 Å². The minimum atomic E-state index is -0.461. The molecular weight excluding hydrogens is 412 g/mol. The average Bonchev–Trinajstić information content (AvgIpc) is 3.30. The van der Waals surface area contributed by atoms with E-state index in [0.29, 0.717) is 32.4 Å². The maximum atomic E-state index is 13.3. The van der Waals surface area contributed by atoms with Crippen LogP contribution in [0.3, 0.4) is 0 Å². The Balaban J connectivity index is 1.64. The lowest BCUT2D eigenvalue weighted by Crippen LogP contribution is -2.50. The second-order valence-corrected chi connectivity index (χ2v) is 9.19. The van der Waals surface area contributed by atoms with Crippen LogP contribution in [0.25, 0.3) is 0 Å². The number of aryl methyl sites for hydroxylation is 2. The molecule has 0 aromatic heterocycles. The molecule has 5 heteroatoms. The van der Waals surface area contributed by atoms with Crippen LogP contribution in [-0.2, 0) is 16.1 Å². The lowest BCUT2D eigenvalue weighted by atomic mass is 10.1. The number of rotatable bonds is 11. The van der Waals surface area contributed by atoms with Crippen molar-refractivity contribution < 1.29 is 14.3 Å². The first-order chi connectivity index (χ1) is 16.0. The molecular formula is C28H38N2O3. The van der Waals surface area contributed by atoms with Gasteiger partial charge in [-0.2, -0.15) is 0 Å². The van der Waals surface area contributed by atoms with Crippen molar-refractivity contribution in [3.8, 4) is 5.75 Å². The minimum Gasteiger partial charge on any atom is -0.494 e. The second-order valence-electron chi connectivity index (χ2n) is 9.19. The SMILES string of the molecule is CC[C@@H](C(=O)NC1CCCC1)N(Cc1cccc(C)c1)C(=O)CCCOc1ccc(C)cc1. The molecule has 0 saturated heterocycles. The van der Waals surface area contributed by atoms with E-state index in [0.717, 1.165) is 42.6 Å². The largest absolute Gasteiger partial charge is 0.494 e. The van der Waals surface area contributed by atoms with Gasteiger partial charge >= 0.3 is 0 Å². The normalized spacial score (nSPS) is 14.6. The predicted octanol–water partition coefficient (Wildman–Crippen LogP) is 5.33. The molecule has 1 aliphatic carbocycles.